The number of Topliss-reactive ketones (excluding diaryl/α,β-unsaturated/α-hetero) is 1. The molecule has 0 fully saturated rings. The summed E-state index contributed by atoms with van der Waals surface area (Å²) in [6, 6.07) is 17.9. The van der Waals surface area contributed by atoms with Crippen molar-refractivity contribution in [3.05, 3.63) is 65.2 Å². The number of ketones is 1. The molecule has 0 aliphatic rings. The van der Waals surface area contributed by atoms with E-state index in [0.717, 1.165) is 28.7 Å². The minimum absolute atomic E-state index is 0.221. The van der Waals surface area contributed by atoms with Crippen LogP contribution in [0.4, 0.5) is 0 Å². The van der Waals surface area contributed by atoms with Crippen LogP contribution in [0.3, 0.4) is 0 Å². The highest BCUT2D eigenvalue weighted by Gasteiger charge is 2.15. The van der Waals surface area contributed by atoms with Gasteiger partial charge >= 0.3 is 0 Å². The van der Waals surface area contributed by atoms with Crippen molar-refractivity contribution < 1.29 is 4.79 Å². The topological polar surface area (TPSA) is 47.8 Å². The Bertz CT molecular complexity index is 863. The van der Waals surface area contributed by atoms with E-state index in [9.17, 15) is 4.79 Å². The highest BCUT2D eigenvalue weighted by atomic mass is 35.5. The van der Waals surface area contributed by atoms with Gasteiger partial charge in [0.25, 0.3) is 0 Å². The van der Waals surface area contributed by atoms with E-state index in [0.29, 0.717) is 18.0 Å². The van der Waals surface area contributed by atoms with Gasteiger partial charge in [0.15, 0.2) is 11.0 Å². The third-order valence-corrected chi connectivity index (χ3v) is 5.21. The van der Waals surface area contributed by atoms with Crippen molar-refractivity contribution in [2.24, 2.45) is 0 Å². The lowest BCUT2D eigenvalue weighted by Crippen LogP contribution is -2.04. The summed E-state index contributed by atoms with van der Waals surface area (Å²) in [5, 5.41) is 10.4. The summed E-state index contributed by atoms with van der Waals surface area (Å²) in [5.74, 6) is 1.88. The van der Waals surface area contributed by atoms with Crippen LogP contribution in [0.2, 0.25) is 5.02 Å². The van der Waals surface area contributed by atoms with Gasteiger partial charge in [-0.2, -0.15) is 0 Å². The first-order valence-electron chi connectivity index (χ1n) is 8.49. The quantitative estimate of drug-likeness (QED) is 0.399. The third kappa shape index (κ3) is 4.96. The monoisotopic (exact) mass is 385 g/mol. The van der Waals surface area contributed by atoms with E-state index in [-0.39, 0.29) is 5.78 Å². The number of carbonyl (C=O) groups excluding carboxylic acids is 1. The molecule has 6 heteroatoms. The van der Waals surface area contributed by atoms with Gasteiger partial charge in [0.1, 0.15) is 5.78 Å². The Hall–Kier alpha value is -2.11. The van der Waals surface area contributed by atoms with E-state index in [1.54, 1.807) is 18.7 Å². The Balaban J connectivity index is 1.86. The molecule has 134 valence electrons. The number of hydrogen-bond donors (Lipinski definition) is 0. The van der Waals surface area contributed by atoms with Crippen molar-refractivity contribution in [2.45, 2.75) is 31.5 Å². The molecule has 0 unspecified atom stereocenters. The van der Waals surface area contributed by atoms with Crippen LogP contribution >= 0.6 is 23.4 Å². The molecule has 0 saturated carbocycles. The van der Waals surface area contributed by atoms with Crippen molar-refractivity contribution in [1.82, 2.24) is 14.8 Å². The van der Waals surface area contributed by atoms with Crippen LogP contribution in [-0.2, 0) is 11.3 Å². The normalized spacial score (nSPS) is 10.8. The van der Waals surface area contributed by atoms with Gasteiger partial charge in [0, 0.05) is 22.8 Å². The van der Waals surface area contributed by atoms with Gasteiger partial charge < -0.3 is 4.79 Å². The summed E-state index contributed by atoms with van der Waals surface area (Å²) >= 11 is 7.65. The first kappa shape index (κ1) is 18.7. The molecule has 4 nitrogen and oxygen atoms in total. The largest absolute Gasteiger partial charge is 0.300 e. The van der Waals surface area contributed by atoms with Crippen LogP contribution in [0.1, 0.15) is 25.3 Å². The van der Waals surface area contributed by atoms with E-state index >= 15 is 0 Å². The molecule has 2 aromatic carbocycles. The molecule has 0 amide bonds. The van der Waals surface area contributed by atoms with Gasteiger partial charge in [-0.25, -0.2) is 0 Å². The van der Waals surface area contributed by atoms with Gasteiger partial charge in [-0.3, -0.25) is 4.57 Å². The zero-order valence-electron chi connectivity index (χ0n) is 14.6. The number of nitrogens with zero attached hydrogens (tertiary/aromatic N) is 3. The molecule has 0 saturated heterocycles. The Morgan fingerprint density at radius 2 is 1.81 bits per heavy atom. The first-order valence-corrected chi connectivity index (χ1v) is 9.85. The number of thioether (sulfide) groups is 1. The molecule has 0 spiro atoms. The summed E-state index contributed by atoms with van der Waals surface area (Å²) in [6.07, 6.45) is 1.44. The molecule has 3 rings (SSSR count). The summed E-state index contributed by atoms with van der Waals surface area (Å²) in [7, 11) is 0. The summed E-state index contributed by atoms with van der Waals surface area (Å²) < 4.78 is 2.12. The van der Waals surface area contributed by atoms with Crippen molar-refractivity contribution in [3.8, 4) is 11.4 Å². The Kier molecular flexibility index (Phi) is 6.47. The summed E-state index contributed by atoms with van der Waals surface area (Å²) in [6.45, 7) is 2.32. The predicted octanol–water partition coefficient (Wildman–Crippen LogP) is 5.11. The van der Waals surface area contributed by atoms with Gasteiger partial charge in [0.05, 0.1) is 6.54 Å². The maximum absolute atomic E-state index is 11.1. The first-order chi connectivity index (χ1) is 12.6. The van der Waals surface area contributed by atoms with Crippen molar-refractivity contribution >= 4 is 29.1 Å². The molecule has 26 heavy (non-hydrogen) atoms. The second-order valence-electron chi connectivity index (χ2n) is 6.04. The zero-order chi connectivity index (χ0) is 18.4. The smallest absolute Gasteiger partial charge is 0.191 e. The lowest BCUT2D eigenvalue weighted by Gasteiger charge is -2.10. The lowest BCUT2D eigenvalue weighted by molar-refractivity contribution is -0.117. The van der Waals surface area contributed by atoms with Crippen LogP contribution in [0.25, 0.3) is 11.4 Å². The Morgan fingerprint density at radius 3 is 2.50 bits per heavy atom. The van der Waals surface area contributed by atoms with Gasteiger partial charge in [-0.15, -0.1) is 10.2 Å². The van der Waals surface area contributed by atoms with Crippen LogP contribution < -0.4 is 0 Å². The van der Waals surface area contributed by atoms with E-state index in [2.05, 4.69) is 26.9 Å². The van der Waals surface area contributed by atoms with E-state index < -0.39 is 0 Å². The molecule has 0 aliphatic heterocycles. The molecule has 1 heterocycles. The molecule has 0 bridgehead atoms. The average molecular weight is 386 g/mol. The molecule has 1 aromatic heterocycles. The SMILES string of the molecule is CC(=O)CCCSc1nnc(-c2ccc(Cl)cc2)n1Cc1ccccc1. The summed E-state index contributed by atoms with van der Waals surface area (Å²) in [5.41, 5.74) is 2.17. The number of hydrogen-bond acceptors (Lipinski definition) is 4. The van der Waals surface area contributed by atoms with E-state index in [4.69, 9.17) is 11.6 Å². The van der Waals surface area contributed by atoms with Crippen molar-refractivity contribution in [1.29, 1.82) is 0 Å². The molecule has 0 atom stereocenters. The highest BCUT2D eigenvalue weighted by Crippen LogP contribution is 2.26. The number of rotatable bonds is 8. The number of benzene rings is 2. The highest BCUT2D eigenvalue weighted by molar-refractivity contribution is 7.99. The van der Waals surface area contributed by atoms with Gasteiger partial charge in [0.2, 0.25) is 0 Å². The fourth-order valence-corrected chi connectivity index (χ4v) is 3.60. The van der Waals surface area contributed by atoms with Crippen molar-refractivity contribution in [2.75, 3.05) is 5.75 Å². The molecule has 3 aromatic rings. The fourth-order valence-electron chi connectivity index (χ4n) is 2.60. The number of halogens is 1. The standard InChI is InChI=1S/C20H20ClN3OS/c1-15(25)6-5-13-26-20-23-22-19(17-9-11-18(21)12-10-17)24(20)14-16-7-3-2-4-8-16/h2-4,7-12H,5-6,13-14H2,1H3. The molecular weight excluding hydrogens is 366 g/mol. The third-order valence-electron chi connectivity index (χ3n) is 3.91. The van der Waals surface area contributed by atoms with E-state index in [1.165, 1.54) is 5.56 Å². The predicted molar refractivity (Wildman–Crippen MR) is 107 cm³/mol. The van der Waals surface area contributed by atoms with Crippen LogP contribution in [-0.4, -0.2) is 26.3 Å². The van der Waals surface area contributed by atoms with Gasteiger partial charge in [-0.05, 0) is 43.2 Å². The second kappa shape index (κ2) is 9.01. The van der Waals surface area contributed by atoms with E-state index in [1.807, 2.05) is 42.5 Å². The molecule has 0 N–H and O–H groups in total. The minimum Gasteiger partial charge on any atom is -0.300 e. The van der Waals surface area contributed by atoms with Crippen LogP contribution in [0.15, 0.2) is 59.8 Å². The lowest BCUT2D eigenvalue weighted by atomic mass is 10.2. The zero-order valence-corrected chi connectivity index (χ0v) is 16.1. The molecule has 0 radical (unpaired) electrons. The Labute approximate surface area is 162 Å². The molecular formula is C20H20ClN3OS. The minimum atomic E-state index is 0.221. The van der Waals surface area contributed by atoms with Crippen molar-refractivity contribution in [3.63, 3.8) is 0 Å². The maximum Gasteiger partial charge on any atom is 0.191 e. The van der Waals surface area contributed by atoms with Crippen LogP contribution in [0, 0.1) is 0 Å². The van der Waals surface area contributed by atoms with Crippen LogP contribution in [0.5, 0.6) is 0 Å². The molecule has 0 aliphatic carbocycles. The number of carbonyl (C=O) groups is 1. The maximum atomic E-state index is 11.1. The average Bonchev–Trinajstić information content (AvgIpc) is 3.03. The van der Waals surface area contributed by atoms with Gasteiger partial charge in [-0.1, -0.05) is 53.7 Å². The summed E-state index contributed by atoms with van der Waals surface area (Å²) in [4.78, 5) is 11.1. The Morgan fingerprint density at radius 1 is 1.08 bits per heavy atom. The fraction of sp³-hybridized carbons (Fsp3) is 0.250. The second-order valence-corrected chi connectivity index (χ2v) is 7.54. The number of aromatic nitrogens is 3.